The summed E-state index contributed by atoms with van der Waals surface area (Å²) in [6.45, 7) is 2.05. The van der Waals surface area contributed by atoms with Crippen LogP contribution in [0.25, 0.3) is 10.9 Å². The highest BCUT2D eigenvalue weighted by Crippen LogP contribution is 2.20. The van der Waals surface area contributed by atoms with E-state index in [1.807, 2.05) is 53.6 Å². The molecule has 1 saturated heterocycles. The third kappa shape index (κ3) is 4.86. The average Bonchev–Trinajstić information content (AvgIpc) is 3.06. The first kappa shape index (κ1) is 19.2. The standard InChI is InChI=1S/C24H27N3O2/c28-23(14-20-16-25-22-9-5-4-8-21(20)22)26-15-18-10-11-24(29)27(13-12-18)17-19-6-2-1-3-7-19/h1-9,16,18,25H,10-15,17H2,(H,26,28). The second-order valence-corrected chi connectivity index (χ2v) is 7.83. The van der Waals surface area contributed by atoms with Gasteiger partial charge in [0.15, 0.2) is 0 Å². The number of hydrogen-bond acceptors (Lipinski definition) is 2. The summed E-state index contributed by atoms with van der Waals surface area (Å²) in [5.74, 6) is 0.583. The Morgan fingerprint density at radius 1 is 1.07 bits per heavy atom. The number of aromatic amines is 1. The summed E-state index contributed by atoms with van der Waals surface area (Å²) < 4.78 is 0. The van der Waals surface area contributed by atoms with Crippen LogP contribution in [-0.4, -0.2) is 34.8 Å². The van der Waals surface area contributed by atoms with Gasteiger partial charge in [-0.15, -0.1) is 0 Å². The molecule has 2 heterocycles. The maximum Gasteiger partial charge on any atom is 0.224 e. The van der Waals surface area contributed by atoms with Crippen molar-refractivity contribution in [3.05, 3.63) is 71.9 Å². The van der Waals surface area contributed by atoms with Crippen LogP contribution in [0.4, 0.5) is 0 Å². The Morgan fingerprint density at radius 3 is 2.72 bits per heavy atom. The summed E-state index contributed by atoms with van der Waals surface area (Å²) in [6, 6.07) is 18.1. The number of nitrogens with one attached hydrogen (secondary N) is 2. The maximum atomic E-state index is 12.5. The molecule has 5 nitrogen and oxygen atoms in total. The fourth-order valence-corrected chi connectivity index (χ4v) is 4.04. The zero-order chi connectivity index (χ0) is 20.1. The van der Waals surface area contributed by atoms with Crippen molar-refractivity contribution in [2.45, 2.75) is 32.2 Å². The molecule has 5 heteroatoms. The monoisotopic (exact) mass is 389 g/mol. The average molecular weight is 389 g/mol. The van der Waals surface area contributed by atoms with Crippen LogP contribution < -0.4 is 5.32 Å². The summed E-state index contributed by atoms with van der Waals surface area (Å²) in [7, 11) is 0. The highest BCUT2D eigenvalue weighted by molar-refractivity contribution is 5.88. The van der Waals surface area contributed by atoms with Crippen LogP contribution in [-0.2, 0) is 22.6 Å². The first-order valence-corrected chi connectivity index (χ1v) is 10.3. The highest BCUT2D eigenvalue weighted by Gasteiger charge is 2.23. The van der Waals surface area contributed by atoms with E-state index < -0.39 is 0 Å². The molecule has 2 aromatic carbocycles. The predicted octanol–water partition coefficient (Wildman–Crippen LogP) is 3.66. The molecule has 1 fully saturated rings. The lowest BCUT2D eigenvalue weighted by molar-refractivity contribution is -0.131. The fraction of sp³-hybridized carbons (Fsp3) is 0.333. The van der Waals surface area contributed by atoms with Crippen LogP contribution in [0.3, 0.4) is 0 Å². The number of hydrogen-bond donors (Lipinski definition) is 2. The van der Waals surface area contributed by atoms with Gasteiger partial charge >= 0.3 is 0 Å². The molecule has 1 unspecified atom stereocenters. The minimum Gasteiger partial charge on any atom is -0.361 e. The van der Waals surface area contributed by atoms with Crippen molar-refractivity contribution in [3.63, 3.8) is 0 Å². The number of amides is 2. The summed E-state index contributed by atoms with van der Waals surface area (Å²) in [5.41, 5.74) is 3.23. The van der Waals surface area contributed by atoms with Crippen molar-refractivity contribution in [3.8, 4) is 0 Å². The Balaban J connectivity index is 1.27. The Morgan fingerprint density at radius 2 is 1.86 bits per heavy atom. The largest absolute Gasteiger partial charge is 0.361 e. The Labute approximate surface area is 171 Å². The molecule has 150 valence electrons. The molecule has 2 N–H and O–H groups in total. The van der Waals surface area contributed by atoms with Gasteiger partial charge in [0, 0.05) is 43.2 Å². The van der Waals surface area contributed by atoms with Crippen LogP contribution in [0.2, 0.25) is 0 Å². The number of nitrogens with zero attached hydrogens (tertiary/aromatic N) is 1. The van der Waals surface area contributed by atoms with Gasteiger partial charge in [-0.2, -0.15) is 0 Å². The quantitative estimate of drug-likeness (QED) is 0.676. The van der Waals surface area contributed by atoms with Crippen LogP contribution in [0.1, 0.15) is 30.4 Å². The number of carbonyl (C=O) groups excluding carboxylic acids is 2. The molecule has 29 heavy (non-hydrogen) atoms. The van der Waals surface area contributed by atoms with Gasteiger partial charge in [0.05, 0.1) is 6.42 Å². The van der Waals surface area contributed by atoms with E-state index in [1.165, 1.54) is 0 Å². The van der Waals surface area contributed by atoms with Gasteiger partial charge in [-0.1, -0.05) is 48.5 Å². The van der Waals surface area contributed by atoms with E-state index in [2.05, 4.69) is 22.4 Å². The topological polar surface area (TPSA) is 65.2 Å². The minimum absolute atomic E-state index is 0.0338. The van der Waals surface area contributed by atoms with Crippen molar-refractivity contribution in [2.24, 2.45) is 5.92 Å². The molecule has 3 aromatic rings. The van der Waals surface area contributed by atoms with Gasteiger partial charge in [0.25, 0.3) is 0 Å². The van der Waals surface area contributed by atoms with E-state index >= 15 is 0 Å². The van der Waals surface area contributed by atoms with E-state index in [0.717, 1.165) is 41.4 Å². The van der Waals surface area contributed by atoms with E-state index in [-0.39, 0.29) is 11.8 Å². The number of benzene rings is 2. The zero-order valence-corrected chi connectivity index (χ0v) is 16.6. The van der Waals surface area contributed by atoms with Crippen molar-refractivity contribution >= 4 is 22.7 Å². The smallest absolute Gasteiger partial charge is 0.224 e. The van der Waals surface area contributed by atoms with Crippen LogP contribution in [0.5, 0.6) is 0 Å². The molecule has 2 amide bonds. The van der Waals surface area contributed by atoms with Gasteiger partial charge < -0.3 is 15.2 Å². The first-order valence-electron chi connectivity index (χ1n) is 10.3. The Kier molecular flexibility index (Phi) is 5.94. The zero-order valence-electron chi connectivity index (χ0n) is 16.6. The maximum absolute atomic E-state index is 12.5. The van der Waals surface area contributed by atoms with Crippen LogP contribution >= 0.6 is 0 Å². The molecule has 1 aromatic heterocycles. The molecular formula is C24H27N3O2. The Bertz CT molecular complexity index is 980. The third-order valence-electron chi connectivity index (χ3n) is 5.76. The Hall–Kier alpha value is -3.08. The number of H-pyrrole nitrogens is 1. The van der Waals surface area contributed by atoms with Gasteiger partial charge in [0.1, 0.15) is 0 Å². The van der Waals surface area contributed by atoms with Gasteiger partial charge in [-0.3, -0.25) is 9.59 Å². The summed E-state index contributed by atoms with van der Waals surface area (Å²) in [5, 5.41) is 4.18. The van der Waals surface area contributed by atoms with Crippen LogP contribution in [0, 0.1) is 5.92 Å². The number of likely N-dealkylation sites (tertiary alicyclic amines) is 1. The lowest BCUT2D eigenvalue weighted by atomic mass is 10.0. The predicted molar refractivity (Wildman–Crippen MR) is 114 cm³/mol. The SMILES string of the molecule is O=C(Cc1c[nH]c2ccccc12)NCC1CCC(=O)N(Cc2ccccc2)CC1. The second-order valence-electron chi connectivity index (χ2n) is 7.83. The second kappa shape index (κ2) is 8.95. The number of rotatable bonds is 6. The van der Waals surface area contributed by atoms with Crippen molar-refractivity contribution in [2.75, 3.05) is 13.1 Å². The highest BCUT2D eigenvalue weighted by atomic mass is 16.2. The van der Waals surface area contributed by atoms with E-state index in [4.69, 9.17) is 0 Å². The van der Waals surface area contributed by atoms with Crippen molar-refractivity contribution < 1.29 is 9.59 Å². The lowest BCUT2D eigenvalue weighted by Gasteiger charge is -2.21. The molecule has 0 bridgehead atoms. The molecular weight excluding hydrogens is 362 g/mol. The molecule has 1 atom stereocenters. The summed E-state index contributed by atoms with van der Waals surface area (Å²) in [4.78, 5) is 30.1. The van der Waals surface area contributed by atoms with Gasteiger partial charge in [-0.05, 0) is 36.0 Å². The molecule has 0 spiro atoms. The number of para-hydroxylation sites is 1. The van der Waals surface area contributed by atoms with Gasteiger partial charge in [0.2, 0.25) is 11.8 Å². The molecule has 0 saturated carbocycles. The first-order chi connectivity index (χ1) is 14.2. The summed E-state index contributed by atoms with van der Waals surface area (Å²) >= 11 is 0. The minimum atomic E-state index is 0.0338. The van der Waals surface area contributed by atoms with Crippen molar-refractivity contribution in [1.29, 1.82) is 0 Å². The molecule has 0 aliphatic carbocycles. The number of fused-ring (bicyclic) bond motifs is 1. The summed E-state index contributed by atoms with van der Waals surface area (Å²) in [6.07, 6.45) is 4.59. The number of aromatic nitrogens is 1. The van der Waals surface area contributed by atoms with Crippen LogP contribution in [0.15, 0.2) is 60.8 Å². The molecule has 1 aliphatic heterocycles. The van der Waals surface area contributed by atoms with E-state index in [1.54, 1.807) is 0 Å². The van der Waals surface area contributed by atoms with E-state index in [0.29, 0.717) is 31.8 Å². The molecule has 1 aliphatic rings. The van der Waals surface area contributed by atoms with E-state index in [9.17, 15) is 9.59 Å². The molecule has 4 rings (SSSR count). The van der Waals surface area contributed by atoms with Crippen molar-refractivity contribution in [1.82, 2.24) is 15.2 Å². The van der Waals surface area contributed by atoms with Gasteiger partial charge in [-0.25, -0.2) is 0 Å². The number of carbonyl (C=O) groups is 2. The molecule has 0 radical (unpaired) electrons. The third-order valence-corrected chi connectivity index (χ3v) is 5.76. The fourth-order valence-electron chi connectivity index (χ4n) is 4.04. The normalized spacial score (nSPS) is 17.3. The lowest BCUT2D eigenvalue weighted by Crippen LogP contribution is -2.31.